The van der Waals surface area contributed by atoms with Crippen LogP contribution in [-0.2, 0) is 0 Å². The predicted molar refractivity (Wildman–Crippen MR) is 130 cm³/mol. The molecule has 0 aliphatic rings. The van der Waals surface area contributed by atoms with Gasteiger partial charge in [-0.05, 0) is 0 Å². The first-order valence-corrected chi connectivity index (χ1v) is 15.5. The average molecular weight is 500 g/mol. The van der Waals surface area contributed by atoms with Gasteiger partial charge in [0.25, 0.3) is 0 Å². The molecule has 0 atom stereocenters. The molecule has 0 aromatic heterocycles. The summed E-state index contributed by atoms with van der Waals surface area (Å²) in [6.45, 7) is 43.4. The van der Waals surface area contributed by atoms with Gasteiger partial charge in [-0.25, -0.2) is 0 Å². The number of rotatable bonds is 3. The molecule has 0 saturated heterocycles. The van der Waals surface area contributed by atoms with Gasteiger partial charge in [-0.2, -0.15) is 0 Å². The second-order valence-corrected chi connectivity index (χ2v) is 20.9. The van der Waals surface area contributed by atoms with Crippen LogP contribution in [0.4, 0.5) is 0 Å². The van der Waals surface area contributed by atoms with E-state index in [1.807, 2.05) is 0 Å². The van der Waals surface area contributed by atoms with E-state index in [0.29, 0.717) is 0 Å². The zero-order valence-electron chi connectivity index (χ0n) is 22.9. The average Bonchev–Trinajstić information content (AvgIpc) is 2.13. The third kappa shape index (κ3) is 7.46. The van der Waals surface area contributed by atoms with E-state index >= 15 is 0 Å². The fourth-order valence-electron chi connectivity index (χ4n) is 5.44. The summed E-state index contributed by atoms with van der Waals surface area (Å²) >= 11 is -2.84. The summed E-state index contributed by atoms with van der Waals surface area (Å²) in [5, 5.41) is 0. The Morgan fingerprint density at radius 2 is 0.393 bits per heavy atom. The van der Waals surface area contributed by atoms with Crippen molar-refractivity contribution in [2.75, 3.05) is 0 Å². The summed E-state index contributed by atoms with van der Waals surface area (Å²) in [4.78, 5) is 0. The van der Waals surface area contributed by atoms with Crippen molar-refractivity contribution in [3.63, 3.8) is 0 Å². The van der Waals surface area contributed by atoms with Crippen LogP contribution in [0.2, 0.25) is 0 Å². The Kier molecular flexibility index (Phi) is 8.58. The summed E-state index contributed by atoms with van der Waals surface area (Å²) < 4.78 is 8.82. The molecule has 0 radical (unpaired) electrons. The minimum atomic E-state index is -2.84. The molecule has 0 aromatic carbocycles. The van der Waals surface area contributed by atoms with Gasteiger partial charge >= 0.3 is 189 Å². The molecule has 0 spiro atoms. The Morgan fingerprint density at radius 1 is 0.286 bits per heavy atom. The van der Waals surface area contributed by atoms with Crippen LogP contribution in [-0.4, -0.2) is 64.2 Å². The Balaban J connectivity index is 7.30. The van der Waals surface area contributed by atoms with Gasteiger partial charge in [-0.15, -0.1) is 0 Å². The first kappa shape index (κ1) is 28.8. The van der Waals surface area contributed by atoms with Gasteiger partial charge in [0.15, 0.2) is 0 Å². The van der Waals surface area contributed by atoms with Crippen LogP contribution >= 0.6 is 0 Å². The first-order chi connectivity index (χ1) is 11.7. The van der Waals surface area contributed by atoms with Crippen molar-refractivity contribution in [3.8, 4) is 0 Å². The molecule has 170 valence electrons. The Bertz CT molecular complexity index is 381. The van der Waals surface area contributed by atoms with Gasteiger partial charge < -0.3 is 0 Å². The van der Waals surface area contributed by atoms with Crippen molar-refractivity contribution in [1.82, 2.24) is 8.66 Å². The molecule has 0 heterocycles. The second kappa shape index (κ2) is 8.36. The third-order valence-corrected chi connectivity index (χ3v) is 22.2. The van der Waals surface area contributed by atoms with Crippen molar-refractivity contribution in [1.29, 1.82) is 0 Å². The fraction of sp³-hybridized carbons (Fsp3) is 1.00. The van der Waals surface area contributed by atoms with E-state index in [4.69, 9.17) is 0 Å². The van der Waals surface area contributed by atoms with Crippen LogP contribution in [0, 0.1) is 0 Å². The molecule has 0 aromatic rings. The van der Waals surface area contributed by atoms with E-state index in [1.54, 1.807) is 0 Å². The van der Waals surface area contributed by atoms with E-state index in [1.165, 1.54) is 0 Å². The molecule has 28 heavy (non-hydrogen) atoms. The zero-order chi connectivity index (χ0) is 23.3. The van der Waals surface area contributed by atoms with Crippen molar-refractivity contribution in [3.05, 3.63) is 0 Å². The van der Waals surface area contributed by atoms with E-state index in [9.17, 15) is 0 Å². The van der Waals surface area contributed by atoms with Crippen LogP contribution < -0.4 is 0 Å². The second-order valence-electron chi connectivity index (χ2n) is 14.5. The molecule has 0 bridgehead atoms. The van der Waals surface area contributed by atoms with Gasteiger partial charge in [0.1, 0.15) is 0 Å². The quantitative estimate of drug-likeness (QED) is 0.430. The van der Waals surface area contributed by atoms with E-state index < -0.39 is 22.3 Å². The molecule has 0 rings (SSSR count). The SMILES string of the molecule is CC(C)(C)[N]([In-2]([N](C(C)(C)C)C(C)(C)C)[N](C(C)(C)C)C(C)(C)C)C(C)(C)C. The van der Waals surface area contributed by atoms with Crippen molar-refractivity contribution >= 4 is 22.3 Å². The fourth-order valence-corrected chi connectivity index (χ4v) is 19.3. The van der Waals surface area contributed by atoms with Gasteiger partial charge in [0.05, 0.1) is 0 Å². The van der Waals surface area contributed by atoms with Gasteiger partial charge in [0, 0.05) is 0 Å². The Morgan fingerprint density at radius 3 is 0.464 bits per heavy atom. The molecule has 0 N–H and O–H groups in total. The summed E-state index contributed by atoms with van der Waals surface area (Å²) in [6.07, 6.45) is 0. The van der Waals surface area contributed by atoms with Crippen LogP contribution in [0.25, 0.3) is 0 Å². The monoisotopic (exact) mass is 499 g/mol. The van der Waals surface area contributed by atoms with Crippen molar-refractivity contribution < 1.29 is 0 Å². The maximum atomic E-state index is 2.94. The summed E-state index contributed by atoms with van der Waals surface area (Å²) in [5.41, 5.74) is 0.598. The molecular weight excluding hydrogens is 445 g/mol. The van der Waals surface area contributed by atoms with Gasteiger partial charge in [-0.1, -0.05) is 0 Å². The van der Waals surface area contributed by atoms with E-state index in [2.05, 4.69) is 133 Å². The van der Waals surface area contributed by atoms with Crippen LogP contribution in [0.5, 0.6) is 0 Å². The normalized spacial score (nSPS) is 16.1. The maximum absolute atomic E-state index is 2.94. The van der Waals surface area contributed by atoms with Crippen LogP contribution in [0.1, 0.15) is 125 Å². The third-order valence-electron chi connectivity index (χ3n) is 5.03. The predicted octanol–water partition coefficient (Wildman–Crippen LogP) is 6.67. The number of hydrogen-bond acceptors (Lipinski definition) is 3. The molecule has 3 nitrogen and oxygen atoms in total. The molecule has 0 amide bonds. The molecule has 0 unspecified atom stereocenters. The van der Waals surface area contributed by atoms with Crippen molar-refractivity contribution in [2.45, 2.75) is 158 Å². The summed E-state index contributed by atoms with van der Waals surface area (Å²) in [7, 11) is 0. The number of hydrogen-bond donors (Lipinski definition) is 0. The number of nitrogens with zero attached hydrogens (tertiary/aromatic N) is 3. The van der Waals surface area contributed by atoms with E-state index in [0.717, 1.165) is 0 Å². The van der Waals surface area contributed by atoms with Gasteiger partial charge in [0.2, 0.25) is 0 Å². The van der Waals surface area contributed by atoms with E-state index in [-0.39, 0.29) is 33.2 Å². The van der Waals surface area contributed by atoms with Gasteiger partial charge in [-0.3, -0.25) is 0 Å². The van der Waals surface area contributed by atoms with Crippen LogP contribution in [0.3, 0.4) is 0 Å². The Labute approximate surface area is 188 Å². The summed E-state index contributed by atoms with van der Waals surface area (Å²) in [6, 6.07) is 0. The zero-order valence-corrected chi connectivity index (χ0v) is 26.2. The molecule has 0 saturated carbocycles. The minimum absolute atomic E-state index is 0.0997. The topological polar surface area (TPSA) is 9.72 Å². The molecule has 0 fully saturated rings. The molecule has 0 aliphatic carbocycles. The molecule has 0 aliphatic heterocycles. The molecular formula is C24H54InN3-2. The molecule has 4 heteroatoms. The summed E-state index contributed by atoms with van der Waals surface area (Å²) in [5.74, 6) is 0. The first-order valence-electron chi connectivity index (χ1n) is 11.1. The standard InChI is InChI=1S/3C8H18N.In/c3*1-7(2,3)9-8(4,5)6;/h3*1-6H3;/q3*-1;+1. The Hall–Kier alpha value is 0.750. The van der Waals surface area contributed by atoms with Crippen molar-refractivity contribution in [2.24, 2.45) is 0 Å². The van der Waals surface area contributed by atoms with Crippen LogP contribution in [0.15, 0.2) is 0 Å².